The number of hydrogen-bond acceptors (Lipinski definition) is 3. The van der Waals surface area contributed by atoms with Crippen LogP contribution in [0.1, 0.15) is 23.6 Å². The van der Waals surface area contributed by atoms with Crippen LogP contribution in [0.4, 0.5) is 0 Å². The van der Waals surface area contributed by atoms with Crippen molar-refractivity contribution in [2.45, 2.75) is 18.9 Å². The van der Waals surface area contributed by atoms with E-state index in [4.69, 9.17) is 9.47 Å². The Balaban J connectivity index is 1.65. The molecule has 1 atom stereocenters. The summed E-state index contributed by atoms with van der Waals surface area (Å²) in [6, 6.07) is 15.4. The average Bonchev–Trinajstić information content (AvgIpc) is 2.56. The number of carbonyl (C=O) groups excluding carboxylic acids is 1. The molecular formula is C18H19NO3. The van der Waals surface area contributed by atoms with Gasteiger partial charge in [-0.15, -0.1) is 0 Å². The topological polar surface area (TPSA) is 47.6 Å². The first kappa shape index (κ1) is 14.4. The van der Waals surface area contributed by atoms with Crippen LogP contribution >= 0.6 is 0 Å². The average molecular weight is 297 g/mol. The Morgan fingerprint density at radius 2 is 2.00 bits per heavy atom. The molecule has 2 aromatic rings. The molecule has 0 unspecified atom stereocenters. The second-order valence-corrected chi connectivity index (χ2v) is 5.32. The van der Waals surface area contributed by atoms with E-state index >= 15 is 0 Å². The summed E-state index contributed by atoms with van der Waals surface area (Å²) in [5.74, 6) is 1.68. The predicted molar refractivity (Wildman–Crippen MR) is 84.1 cm³/mol. The number of ether oxygens (including phenoxy) is 2. The fourth-order valence-corrected chi connectivity index (χ4v) is 2.67. The monoisotopic (exact) mass is 297 g/mol. The van der Waals surface area contributed by atoms with Crippen LogP contribution in [0.15, 0.2) is 48.5 Å². The van der Waals surface area contributed by atoms with E-state index in [2.05, 4.69) is 5.32 Å². The molecule has 1 amide bonds. The SMILES string of the molecule is COc1ccc(CC(=O)N[C@H]2CCOc3ccccc32)cc1. The molecule has 2 aromatic carbocycles. The summed E-state index contributed by atoms with van der Waals surface area (Å²) in [7, 11) is 1.63. The Labute approximate surface area is 130 Å². The van der Waals surface area contributed by atoms with Crippen LogP contribution in [0.5, 0.6) is 11.5 Å². The van der Waals surface area contributed by atoms with Gasteiger partial charge in [0.05, 0.1) is 26.2 Å². The fourth-order valence-electron chi connectivity index (χ4n) is 2.67. The fraction of sp³-hybridized carbons (Fsp3) is 0.278. The van der Waals surface area contributed by atoms with Crippen LogP contribution in [0, 0.1) is 0 Å². The molecule has 3 rings (SSSR count). The minimum Gasteiger partial charge on any atom is -0.497 e. The highest BCUT2D eigenvalue weighted by molar-refractivity contribution is 5.79. The van der Waals surface area contributed by atoms with E-state index in [1.54, 1.807) is 7.11 Å². The van der Waals surface area contributed by atoms with Crippen molar-refractivity contribution >= 4 is 5.91 Å². The summed E-state index contributed by atoms with van der Waals surface area (Å²) in [6.07, 6.45) is 1.16. The summed E-state index contributed by atoms with van der Waals surface area (Å²) in [5.41, 5.74) is 2.02. The van der Waals surface area contributed by atoms with E-state index in [9.17, 15) is 4.79 Å². The van der Waals surface area contributed by atoms with Crippen molar-refractivity contribution in [3.8, 4) is 11.5 Å². The number of hydrogen-bond donors (Lipinski definition) is 1. The van der Waals surface area contributed by atoms with Crippen LogP contribution in [0.3, 0.4) is 0 Å². The normalized spacial score (nSPS) is 16.3. The van der Waals surface area contributed by atoms with Gasteiger partial charge in [0, 0.05) is 12.0 Å². The van der Waals surface area contributed by atoms with Crippen molar-refractivity contribution in [3.05, 3.63) is 59.7 Å². The Hall–Kier alpha value is -2.49. The van der Waals surface area contributed by atoms with Crippen LogP contribution in [-0.2, 0) is 11.2 Å². The van der Waals surface area contributed by atoms with Gasteiger partial charge >= 0.3 is 0 Å². The van der Waals surface area contributed by atoms with Gasteiger partial charge in [-0.1, -0.05) is 30.3 Å². The van der Waals surface area contributed by atoms with E-state index in [0.717, 1.165) is 29.0 Å². The minimum absolute atomic E-state index is 0.0202. The van der Waals surface area contributed by atoms with Crippen LogP contribution in [0.25, 0.3) is 0 Å². The van der Waals surface area contributed by atoms with Gasteiger partial charge in [0.15, 0.2) is 0 Å². The van der Waals surface area contributed by atoms with Crippen LogP contribution in [-0.4, -0.2) is 19.6 Å². The van der Waals surface area contributed by atoms with Gasteiger partial charge in [-0.25, -0.2) is 0 Å². The van der Waals surface area contributed by atoms with E-state index in [-0.39, 0.29) is 11.9 Å². The number of carbonyl (C=O) groups is 1. The van der Waals surface area contributed by atoms with E-state index < -0.39 is 0 Å². The van der Waals surface area contributed by atoms with Gasteiger partial charge in [0.1, 0.15) is 11.5 Å². The number of nitrogens with one attached hydrogen (secondary N) is 1. The summed E-state index contributed by atoms with van der Waals surface area (Å²) in [5, 5.41) is 3.10. The van der Waals surface area contributed by atoms with Crippen molar-refractivity contribution in [3.63, 3.8) is 0 Å². The molecule has 0 saturated heterocycles. The van der Waals surface area contributed by atoms with Gasteiger partial charge in [-0.3, -0.25) is 4.79 Å². The lowest BCUT2D eigenvalue weighted by Gasteiger charge is -2.26. The maximum Gasteiger partial charge on any atom is 0.224 e. The Morgan fingerprint density at radius 3 is 2.77 bits per heavy atom. The minimum atomic E-state index is 0.0202. The third kappa shape index (κ3) is 3.22. The first-order chi connectivity index (χ1) is 10.8. The second kappa shape index (κ2) is 6.52. The molecule has 1 aliphatic rings. The molecule has 22 heavy (non-hydrogen) atoms. The lowest BCUT2D eigenvalue weighted by Crippen LogP contribution is -2.33. The van der Waals surface area contributed by atoms with Crippen molar-refractivity contribution in [1.82, 2.24) is 5.32 Å². The maximum absolute atomic E-state index is 12.3. The van der Waals surface area contributed by atoms with Crippen molar-refractivity contribution in [2.75, 3.05) is 13.7 Å². The Kier molecular flexibility index (Phi) is 4.28. The van der Waals surface area contributed by atoms with Crippen LogP contribution < -0.4 is 14.8 Å². The highest BCUT2D eigenvalue weighted by Crippen LogP contribution is 2.31. The van der Waals surface area contributed by atoms with Gasteiger partial charge in [-0.2, -0.15) is 0 Å². The molecule has 0 aliphatic carbocycles. The number of methoxy groups -OCH3 is 1. The number of benzene rings is 2. The van der Waals surface area contributed by atoms with Gasteiger partial charge in [0.2, 0.25) is 5.91 Å². The van der Waals surface area contributed by atoms with E-state index in [0.29, 0.717) is 13.0 Å². The predicted octanol–water partition coefficient (Wildman–Crippen LogP) is 2.88. The highest BCUT2D eigenvalue weighted by Gasteiger charge is 2.22. The first-order valence-electron chi connectivity index (χ1n) is 7.40. The van der Waals surface area contributed by atoms with Crippen LogP contribution in [0.2, 0.25) is 0 Å². The maximum atomic E-state index is 12.3. The summed E-state index contributed by atoms with van der Waals surface area (Å²) in [6.45, 7) is 0.629. The van der Waals surface area contributed by atoms with Crippen molar-refractivity contribution in [2.24, 2.45) is 0 Å². The number of amides is 1. The van der Waals surface area contributed by atoms with Gasteiger partial charge in [-0.05, 0) is 23.8 Å². The van der Waals surface area contributed by atoms with E-state index in [1.165, 1.54) is 0 Å². The molecule has 1 heterocycles. The Bertz CT molecular complexity index is 652. The molecule has 1 aliphatic heterocycles. The van der Waals surface area contributed by atoms with Crippen molar-refractivity contribution < 1.29 is 14.3 Å². The molecule has 0 radical (unpaired) electrons. The lowest BCUT2D eigenvalue weighted by atomic mass is 10.00. The largest absolute Gasteiger partial charge is 0.497 e. The smallest absolute Gasteiger partial charge is 0.224 e. The van der Waals surface area contributed by atoms with Gasteiger partial charge in [0.25, 0.3) is 0 Å². The molecule has 0 aromatic heterocycles. The van der Waals surface area contributed by atoms with Gasteiger partial charge < -0.3 is 14.8 Å². The molecule has 4 heteroatoms. The summed E-state index contributed by atoms with van der Waals surface area (Å²) >= 11 is 0. The second-order valence-electron chi connectivity index (χ2n) is 5.32. The first-order valence-corrected chi connectivity index (χ1v) is 7.40. The molecule has 0 spiro atoms. The number of rotatable bonds is 4. The zero-order chi connectivity index (χ0) is 15.4. The van der Waals surface area contributed by atoms with E-state index in [1.807, 2.05) is 48.5 Å². The summed E-state index contributed by atoms with van der Waals surface area (Å²) in [4.78, 5) is 12.3. The molecule has 4 nitrogen and oxygen atoms in total. The zero-order valence-corrected chi connectivity index (χ0v) is 12.5. The van der Waals surface area contributed by atoms with Crippen molar-refractivity contribution in [1.29, 1.82) is 0 Å². The quantitative estimate of drug-likeness (QED) is 0.944. The molecule has 0 bridgehead atoms. The number of fused-ring (bicyclic) bond motifs is 1. The highest BCUT2D eigenvalue weighted by atomic mass is 16.5. The molecule has 0 saturated carbocycles. The molecule has 114 valence electrons. The zero-order valence-electron chi connectivity index (χ0n) is 12.5. The standard InChI is InChI=1S/C18H19NO3/c1-21-14-8-6-13(7-9-14)12-18(20)19-16-10-11-22-17-5-3-2-4-15(16)17/h2-9,16H,10-12H2,1H3,(H,19,20)/t16-/m0/s1. The third-order valence-corrected chi connectivity index (χ3v) is 3.82. The molecule has 0 fully saturated rings. The number of para-hydroxylation sites is 1. The Morgan fingerprint density at radius 1 is 1.23 bits per heavy atom. The third-order valence-electron chi connectivity index (χ3n) is 3.82. The lowest BCUT2D eigenvalue weighted by molar-refractivity contribution is -0.121. The molecule has 1 N–H and O–H groups in total. The molecular weight excluding hydrogens is 278 g/mol. The summed E-state index contributed by atoms with van der Waals surface area (Å²) < 4.78 is 10.7.